The lowest BCUT2D eigenvalue weighted by atomic mass is 9.94. The first-order chi connectivity index (χ1) is 56.5. The summed E-state index contributed by atoms with van der Waals surface area (Å²) in [5, 5.41) is 27.0. The third kappa shape index (κ3) is 19.4. The van der Waals surface area contributed by atoms with Gasteiger partial charge in [-0.15, -0.1) is 0 Å². The predicted octanol–water partition coefficient (Wildman–Crippen LogP) is 13.2. The summed E-state index contributed by atoms with van der Waals surface area (Å²) in [4.78, 5) is 134. The molecule has 9 N–H and O–H groups in total. The largest absolute Gasteiger partial charge is 0.480 e. The van der Waals surface area contributed by atoms with Gasteiger partial charge in [-0.05, 0) is 187 Å². The summed E-state index contributed by atoms with van der Waals surface area (Å²) < 4.78 is 28.8. The minimum atomic E-state index is -1.17. The highest BCUT2D eigenvalue weighted by molar-refractivity contribution is 6.05. The molecular weight excluding hydrogens is 1500 g/mol. The van der Waals surface area contributed by atoms with Crippen LogP contribution in [0.4, 0.5) is 19.2 Å². The van der Waals surface area contributed by atoms with Crippen LogP contribution in [0.1, 0.15) is 153 Å². The van der Waals surface area contributed by atoms with Crippen LogP contribution < -0.4 is 26.6 Å². The second kappa shape index (κ2) is 38.3. The fourth-order valence-electron chi connectivity index (χ4n) is 16.0. The number of aliphatic imine (C=N–C) groups is 1. The van der Waals surface area contributed by atoms with Crippen molar-refractivity contribution in [1.29, 1.82) is 0 Å². The zero-order valence-corrected chi connectivity index (χ0v) is 68.4. The first-order valence-electron chi connectivity index (χ1n) is 40.2. The summed E-state index contributed by atoms with van der Waals surface area (Å²) in [5.74, 6) is 0.789. The molecule has 6 aromatic carbocycles. The molecule has 7 amide bonds. The Morgan fingerprint density at radius 2 is 0.880 bits per heavy atom. The molecule has 14 rings (SSSR count). The summed E-state index contributed by atoms with van der Waals surface area (Å²) in [6, 6.07) is 34.9. The Morgan fingerprint density at radius 1 is 0.470 bits per heavy atom. The van der Waals surface area contributed by atoms with Crippen LogP contribution in [-0.2, 0) is 47.6 Å². The maximum Gasteiger partial charge on any atom is 0.407 e. The summed E-state index contributed by atoms with van der Waals surface area (Å²) in [5.41, 5.74) is 13.3. The first kappa shape index (κ1) is 84.6. The van der Waals surface area contributed by atoms with Gasteiger partial charge in [0.2, 0.25) is 17.7 Å². The van der Waals surface area contributed by atoms with Crippen molar-refractivity contribution in [3.8, 4) is 33.5 Å². The molecule has 5 aliphatic heterocycles. The van der Waals surface area contributed by atoms with Gasteiger partial charge in [-0.1, -0.05) is 101 Å². The molecule has 0 saturated carbocycles. The van der Waals surface area contributed by atoms with Crippen molar-refractivity contribution in [2.45, 2.75) is 173 Å². The van der Waals surface area contributed by atoms with E-state index in [0.29, 0.717) is 37.9 Å². The third-order valence-electron chi connectivity index (χ3n) is 23.4. The molecule has 30 heteroatoms. The monoisotopic (exact) mass is 1600 g/mol. The number of imidazole rings is 3. The van der Waals surface area contributed by atoms with Gasteiger partial charge in [0.25, 0.3) is 0 Å². The Bertz CT molecular complexity index is 5160. The number of nitrogens with one attached hydrogen (secondary N) is 8. The number of aliphatic carboxylic acids is 1. The quantitative estimate of drug-likeness (QED) is 0.0254. The Labute approximate surface area is 679 Å². The van der Waals surface area contributed by atoms with E-state index >= 15 is 0 Å². The molecule has 9 aromatic rings. The lowest BCUT2D eigenvalue weighted by Crippen LogP contribution is -2.54. The van der Waals surface area contributed by atoms with Gasteiger partial charge in [0, 0.05) is 57.7 Å². The summed E-state index contributed by atoms with van der Waals surface area (Å²) in [6.07, 6.45) is 9.40. The maximum atomic E-state index is 13.7. The van der Waals surface area contributed by atoms with Gasteiger partial charge in [-0.25, -0.2) is 38.9 Å². The van der Waals surface area contributed by atoms with E-state index in [-0.39, 0.29) is 47.7 Å². The lowest BCUT2D eigenvalue weighted by Gasteiger charge is -2.31. The fraction of sp³-hybridized carbons (Fsp3) is 0.448. The molecule has 1 unspecified atom stereocenters. The van der Waals surface area contributed by atoms with Crippen LogP contribution in [0.2, 0.25) is 0 Å². The number of methoxy groups -OCH3 is 6. The highest BCUT2D eigenvalue weighted by atomic mass is 16.6. The number of aromatic nitrogens is 6. The fourth-order valence-corrected chi connectivity index (χ4v) is 16.0. The molecule has 4 fully saturated rings. The highest BCUT2D eigenvalue weighted by Crippen LogP contribution is 2.39. The molecule has 620 valence electrons. The Kier molecular flexibility index (Phi) is 27.7. The van der Waals surface area contributed by atoms with Gasteiger partial charge >= 0.3 is 30.3 Å². The number of hydrogen-bond acceptors (Lipinski definition) is 19. The number of carboxylic acids is 1. The van der Waals surface area contributed by atoms with E-state index in [2.05, 4.69) is 149 Å². The number of carbonyl (C=O) groups is 8. The predicted molar refractivity (Wildman–Crippen MR) is 445 cm³/mol. The number of aromatic amines is 3. The third-order valence-corrected chi connectivity index (χ3v) is 23.4. The van der Waals surface area contributed by atoms with Gasteiger partial charge in [-0.3, -0.25) is 19.4 Å². The number of carbonyl (C=O) groups excluding carboxylic acids is 7. The minimum Gasteiger partial charge on any atom is -0.480 e. The number of likely N-dealkylation sites (tertiary alicyclic amines) is 3. The van der Waals surface area contributed by atoms with Crippen molar-refractivity contribution >= 4 is 103 Å². The Morgan fingerprint density at radius 3 is 1.37 bits per heavy atom. The van der Waals surface area contributed by atoms with E-state index in [4.69, 9.17) is 48.7 Å². The summed E-state index contributed by atoms with van der Waals surface area (Å²) in [6.45, 7) is 14.1. The molecule has 8 heterocycles. The van der Waals surface area contributed by atoms with Crippen LogP contribution in [0.3, 0.4) is 0 Å². The molecule has 5 aliphatic rings. The van der Waals surface area contributed by atoms with Crippen molar-refractivity contribution in [1.82, 2.24) is 71.2 Å². The topological polar surface area (TPSA) is 380 Å². The average Bonchev–Trinajstić information content (AvgIpc) is 1.74. The molecule has 117 heavy (non-hydrogen) atoms. The number of alkyl carbamates (subject to hydrolysis) is 4. The van der Waals surface area contributed by atoms with Crippen molar-refractivity contribution in [2.24, 2.45) is 16.8 Å². The zero-order valence-electron chi connectivity index (χ0n) is 68.4. The van der Waals surface area contributed by atoms with Gasteiger partial charge in [0.05, 0.1) is 98.8 Å². The average molecular weight is 1600 g/mol. The van der Waals surface area contributed by atoms with Crippen LogP contribution in [0, 0.1) is 11.8 Å². The molecule has 0 radical (unpaired) electrons. The van der Waals surface area contributed by atoms with Gasteiger partial charge < -0.3 is 89.8 Å². The van der Waals surface area contributed by atoms with Crippen LogP contribution >= 0.6 is 0 Å². The Hall–Kier alpha value is -11.8. The standard InChI is InChI=1S/C43H52N8O7.C37H42N6O3.C7H13NO5/c1-7-24(2)36(48-42(54)57-5)40(52)50-18-8-10-34(50)38-44-23-33(47-38)30-15-14-26-20-27(12-13-28(26)21-30)29-16-17-31-32(22-29)46-39(45-31)35-11-9-19-51(35)41(53)37(25(3)56-4)49-43(55)58-6;1-4-22(2)34(42-37(45)46-3)36(44)43-16-6-8-33(43)32-20-28(21-39-32)26-12-11-23-17-25(10-9-24(23)18-26)27-13-14-29-31(19-27)41-35(40-29)30-7-5-15-38-30;1-4(12-2)5(6(9)10)8-7(11)13-3/h12-17,20-25,34-37H,7-11,18-19H2,1-6H3,(H,44,47)(H,45,46)(H,48,54)(H,49,55);9-14,17-19,21-22,30,33-34,38H,4-8,15-16,20H2,1-3H3,(H,40,41)(H,42,45);4-5H,1-3H3,(H,8,11)(H,9,10)/t24-,25+,34?,35-,36-,37-;22-,30-,33-,34-;4-,5+/m001/s1. The maximum absolute atomic E-state index is 13.7. The first-order valence-corrected chi connectivity index (χ1v) is 40.2. The summed E-state index contributed by atoms with van der Waals surface area (Å²) >= 11 is 0. The van der Waals surface area contributed by atoms with Crippen molar-refractivity contribution < 1.29 is 71.9 Å². The number of ether oxygens (including phenoxy) is 6. The molecule has 12 atom stereocenters. The van der Waals surface area contributed by atoms with E-state index in [1.165, 1.54) is 65.2 Å². The number of rotatable bonds is 24. The van der Waals surface area contributed by atoms with Crippen LogP contribution in [0.25, 0.3) is 82.7 Å². The number of carboxylic acid groups (broad SMARTS) is 1. The number of amides is 7. The van der Waals surface area contributed by atoms with Crippen LogP contribution in [-0.4, -0.2) is 215 Å². The highest BCUT2D eigenvalue weighted by Gasteiger charge is 2.42. The van der Waals surface area contributed by atoms with E-state index < -0.39 is 66.7 Å². The number of allylic oxidation sites excluding steroid dienone is 1. The lowest BCUT2D eigenvalue weighted by molar-refractivity contribution is -0.142. The number of fused-ring (bicyclic) bond motifs is 4. The van der Waals surface area contributed by atoms with Crippen molar-refractivity contribution in [3.05, 3.63) is 145 Å². The molecule has 0 bridgehead atoms. The zero-order chi connectivity index (χ0) is 83.3. The number of hydrogen-bond donors (Lipinski definition) is 9. The molecule has 3 aromatic heterocycles. The number of nitrogens with zero attached hydrogens (tertiary/aromatic N) is 7. The molecule has 0 aliphatic carbocycles. The molecular formula is C87H107N15O15. The van der Waals surface area contributed by atoms with E-state index in [9.17, 15) is 38.4 Å². The summed E-state index contributed by atoms with van der Waals surface area (Å²) in [7, 11) is 7.90. The number of H-pyrrole nitrogens is 3. The smallest absolute Gasteiger partial charge is 0.407 e. The minimum absolute atomic E-state index is 0.00876. The molecule has 4 saturated heterocycles. The van der Waals surface area contributed by atoms with Crippen LogP contribution in [0.5, 0.6) is 0 Å². The second-order valence-corrected chi connectivity index (χ2v) is 30.6. The Balaban J connectivity index is 0.000000190. The van der Waals surface area contributed by atoms with E-state index in [1.54, 1.807) is 11.8 Å². The van der Waals surface area contributed by atoms with Crippen LogP contribution in [0.15, 0.2) is 127 Å². The van der Waals surface area contributed by atoms with Gasteiger partial charge in [-0.2, -0.15) is 0 Å². The SMILES string of the molecule is CC[C@H](C)[C@H](NC(=O)OC)C(=O)N1CCCC1c1ncc(-c2ccc3cc(-c4ccc5nc([C@@H]6CCCN6C(=O)[C@@H](NC(=O)OC)[C@@H](C)OC)[nH]c5c4)ccc3c2)[nH]1.CC[C@H](C)[C@H](NC(=O)OC)C(=O)N1CCC[C@H]1C1=NC=C(c2ccc3cc(-c4ccc5nc([C@@H]6CCCN6)[nH]c5c4)ccc3c2)C1.COC(=O)N[C@H](C(=O)O)[C@@H](C)OC. The van der Waals surface area contributed by atoms with Gasteiger partial charge in [0.15, 0.2) is 6.04 Å². The van der Waals surface area contributed by atoms with Gasteiger partial charge in [0.1, 0.15) is 35.6 Å². The normalized spacial score (nSPS) is 19.2. The van der Waals surface area contributed by atoms with E-state index in [1.807, 2.05) is 56.0 Å². The number of benzene rings is 6. The van der Waals surface area contributed by atoms with Crippen molar-refractivity contribution in [3.63, 3.8) is 0 Å². The van der Waals surface area contributed by atoms with Crippen molar-refractivity contribution in [2.75, 3.05) is 68.8 Å². The molecule has 0 spiro atoms. The molecule has 30 nitrogen and oxygen atoms in total. The van der Waals surface area contributed by atoms with E-state index in [0.717, 1.165) is 161 Å². The second-order valence-electron chi connectivity index (χ2n) is 30.6.